The third kappa shape index (κ3) is 4.97. The Bertz CT molecular complexity index is 774. The first-order valence-electron chi connectivity index (χ1n) is 8.26. The summed E-state index contributed by atoms with van der Waals surface area (Å²) in [6, 6.07) is 9.36. The van der Waals surface area contributed by atoms with Crippen molar-refractivity contribution < 1.29 is 14.4 Å². The molecular weight excluding hydrogens is 374 g/mol. The summed E-state index contributed by atoms with van der Waals surface area (Å²) in [5, 5.41) is 9.28. The van der Waals surface area contributed by atoms with Crippen LogP contribution < -0.4 is 10.2 Å². The van der Waals surface area contributed by atoms with Crippen LogP contribution in [0.2, 0.25) is 5.02 Å². The van der Waals surface area contributed by atoms with Crippen LogP contribution in [-0.2, 0) is 14.4 Å². The van der Waals surface area contributed by atoms with Crippen LogP contribution in [0.3, 0.4) is 0 Å². The van der Waals surface area contributed by atoms with Crippen molar-refractivity contribution in [2.75, 3.05) is 43.1 Å². The number of benzene rings is 1. The summed E-state index contributed by atoms with van der Waals surface area (Å²) in [5.74, 6) is -0.289. The lowest BCUT2D eigenvalue weighted by Gasteiger charge is -2.29. The Kier molecular flexibility index (Phi) is 6.49. The van der Waals surface area contributed by atoms with E-state index in [1.54, 1.807) is 17.4 Å². The summed E-state index contributed by atoms with van der Waals surface area (Å²) in [6.07, 6.45) is 0. The lowest BCUT2D eigenvalue weighted by Crippen LogP contribution is -2.36. The Morgan fingerprint density at radius 1 is 1.38 bits per heavy atom. The van der Waals surface area contributed by atoms with Crippen molar-refractivity contribution in [1.82, 2.24) is 0 Å². The summed E-state index contributed by atoms with van der Waals surface area (Å²) >= 11 is 7.93. The van der Waals surface area contributed by atoms with Crippen LogP contribution in [0.4, 0.5) is 11.4 Å². The number of oxime groups is 1. The molecule has 0 bridgehead atoms. The van der Waals surface area contributed by atoms with Crippen LogP contribution in [0.1, 0.15) is 11.8 Å². The Morgan fingerprint density at radius 3 is 2.88 bits per heavy atom. The van der Waals surface area contributed by atoms with Gasteiger partial charge in [0.05, 0.1) is 34.5 Å². The molecule has 26 heavy (non-hydrogen) atoms. The maximum Gasteiger partial charge on any atom is 0.265 e. The number of morpholine rings is 1. The summed E-state index contributed by atoms with van der Waals surface area (Å²) in [6.45, 7) is 4.68. The number of nitrogens with one attached hydrogen (secondary N) is 1. The third-order valence-electron chi connectivity index (χ3n) is 3.86. The predicted molar refractivity (Wildman–Crippen MR) is 106 cm³/mol. The molecule has 0 unspecified atom stereocenters. The number of nitrogens with zero attached hydrogens (tertiary/aromatic N) is 2. The second-order valence-corrected chi connectivity index (χ2v) is 7.10. The molecule has 1 aromatic heterocycles. The molecule has 1 saturated heterocycles. The van der Waals surface area contributed by atoms with Crippen molar-refractivity contribution >= 4 is 45.9 Å². The van der Waals surface area contributed by atoms with E-state index in [0.717, 1.165) is 29.4 Å². The molecule has 1 fully saturated rings. The van der Waals surface area contributed by atoms with Crippen molar-refractivity contribution in [3.05, 3.63) is 45.6 Å². The van der Waals surface area contributed by atoms with Gasteiger partial charge in [0.2, 0.25) is 0 Å². The van der Waals surface area contributed by atoms with Gasteiger partial charge in [-0.15, -0.1) is 11.3 Å². The highest BCUT2D eigenvalue weighted by Crippen LogP contribution is 2.29. The van der Waals surface area contributed by atoms with Crippen LogP contribution in [0.15, 0.2) is 40.9 Å². The van der Waals surface area contributed by atoms with Gasteiger partial charge in [-0.25, -0.2) is 0 Å². The molecule has 8 heteroatoms. The van der Waals surface area contributed by atoms with Crippen molar-refractivity contribution in [2.45, 2.75) is 6.92 Å². The zero-order valence-electron chi connectivity index (χ0n) is 14.4. The van der Waals surface area contributed by atoms with Crippen LogP contribution in [-0.4, -0.2) is 44.5 Å². The van der Waals surface area contributed by atoms with Crippen LogP contribution >= 0.6 is 22.9 Å². The number of carbonyl (C=O) groups is 1. The van der Waals surface area contributed by atoms with Crippen molar-refractivity contribution in [3.8, 4) is 0 Å². The molecule has 0 aliphatic carbocycles. The third-order valence-corrected chi connectivity index (χ3v) is 5.14. The number of ether oxygens (including phenoxy) is 1. The number of amides is 1. The molecule has 0 atom stereocenters. The first-order chi connectivity index (χ1) is 12.6. The maximum absolute atomic E-state index is 12.0. The van der Waals surface area contributed by atoms with E-state index in [9.17, 15) is 4.79 Å². The minimum Gasteiger partial charge on any atom is -0.385 e. The summed E-state index contributed by atoms with van der Waals surface area (Å²) in [7, 11) is 0. The molecule has 138 valence electrons. The van der Waals surface area contributed by atoms with E-state index in [2.05, 4.69) is 15.4 Å². The highest BCUT2D eigenvalue weighted by molar-refractivity contribution is 7.12. The highest BCUT2D eigenvalue weighted by atomic mass is 35.5. The fraction of sp³-hybridized carbons (Fsp3) is 0.333. The average molecular weight is 394 g/mol. The second kappa shape index (κ2) is 9.02. The Labute approximate surface area is 161 Å². The lowest BCUT2D eigenvalue weighted by molar-refractivity contribution is -0.120. The molecule has 1 amide bonds. The molecule has 0 spiro atoms. The van der Waals surface area contributed by atoms with Crippen LogP contribution in [0.5, 0.6) is 0 Å². The molecular formula is C18H20ClN3O3S. The average Bonchev–Trinajstić information content (AvgIpc) is 3.17. The second-order valence-electron chi connectivity index (χ2n) is 5.74. The SMILES string of the molecule is CC(=NOCC(=O)Nc1ccc(N2CCOCC2)c(Cl)c1)c1cccs1. The van der Waals surface area contributed by atoms with Crippen LogP contribution in [0, 0.1) is 0 Å². The standard InChI is InChI=1S/C18H20ClN3O3S/c1-13(17-3-2-10-26-17)21-25-12-18(23)20-14-4-5-16(15(19)11-14)22-6-8-24-9-7-22/h2-5,10-11H,6-9,12H2,1H3,(H,20,23). The van der Waals surface area contributed by atoms with Gasteiger partial charge in [0.15, 0.2) is 6.61 Å². The fourth-order valence-corrected chi connectivity index (χ4v) is 3.53. The number of carbonyl (C=O) groups excluding carboxylic acids is 1. The van der Waals surface area contributed by atoms with Crippen LogP contribution in [0.25, 0.3) is 0 Å². The fourth-order valence-electron chi connectivity index (χ4n) is 2.56. The number of thiophene rings is 1. The van der Waals surface area contributed by atoms with Gasteiger partial charge < -0.3 is 19.8 Å². The molecule has 1 aliphatic heterocycles. The molecule has 6 nitrogen and oxygen atoms in total. The number of hydrogen-bond acceptors (Lipinski definition) is 6. The van der Waals surface area contributed by atoms with E-state index in [0.29, 0.717) is 23.9 Å². The molecule has 1 aromatic carbocycles. The minimum absolute atomic E-state index is 0.161. The minimum atomic E-state index is -0.289. The van der Waals surface area contributed by atoms with Gasteiger partial charge in [-0.3, -0.25) is 4.79 Å². The Hall–Kier alpha value is -2.09. The van der Waals surface area contributed by atoms with E-state index in [4.69, 9.17) is 21.2 Å². The van der Waals surface area contributed by atoms with E-state index < -0.39 is 0 Å². The zero-order chi connectivity index (χ0) is 18.4. The van der Waals surface area contributed by atoms with Gasteiger partial charge in [0.1, 0.15) is 0 Å². The normalized spacial score (nSPS) is 15.0. The van der Waals surface area contributed by atoms with Gasteiger partial charge in [-0.1, -0.05) is 22.8 Å². The van der Waals surface area contributed by atoms with E-state index in [1.807, 2.05) is 36.6 Å². The van der Waals surface area contributed by atoms with Gasteiger partial charge in [0.25, 0.3) is 5.91 Å². The Morgan fingerprint density at radius 2 is 2.19 bits per heavy atom. The topological polar surface area (TPSA) is 63.2 Å². The molecule has 1 N–H and O–H groups in total. The molecule has 3 rings (SSSR count). The van der Waals surface area contributed by atoms with Gasteiger partial charge in [0, 0.05) is 18.8 Å². The summed E-state index contributed by atoms with van der Waals surface area (Å²) in [4.78, 5) is 20.3. The monoisotopic (exact) mass is 393 g/mol. The lowest BCUT2D eigenvalue weighted by atomic mass is 10.2. The predicted octanol–water partition coefficient (Wildman–Crippen LogP) is 3.62. The molecule has 0 radical (unpaired) electrons. The molecule has 1 aliphatic rings. The molecule has 2 aromatic rings. The number of rotatable bonds is 6. The largest absolute Gasteiger partial charge is 0.385 e. The first kappa shape index (κ1) is 18.7. The quantitative estimate of drug-likeness (QED) is 0.601. The smallest absolute Gasteiger partial charge is 0.265 e. The van der Waals surface area contributed by atoms with Gasteiger partial charge in [-0.2, -0.15) is 0 Å². The number of hydrogen-bond donors (Lipinski definition) is 1. The van der Waals surface area contributed by atoms with Gasteiger partial charge >= 0.3 is 0 Å². The molecule has 2 heterocycles. The maximum atomic E-state index is 12.0. The van der Waals surface area contributed by atoms with E-state index in [1.165, 1.54) is 0 Å². The summed E-state index contributed by atoms with van der Waals surface area (Å²) in [5.41, 5.74) is 2.31. The first-order valence-corrected chi connectivity index (χ1v) is 9.52. The van der Waals surface area contributed by atoms with Crippen molar-refractivity contribution in [1.29, 1.82) is 0 Å². The van der Waals surface area contributed by atoms with E-state index in [-0.39, 0.29) is 12.5 Å². The number of anilines is 2. The van der Waals surface area contributed by atoms with Crippen molar-refractivity contribution in [2.24, 2.45) is 5.16 Å². The number of halogens is 1. The highest BCUT2D eigenvalue weighted by Gasteiger charge is 2.15. The van der Waals surface area contributed by atoms with Gasteiger partial charge in [-0.05, 0) is 36.6 Å². The summed E-state index contributed by atoms with van der Waals surface area (Å²) < 4.78 is 5.35. The zero-order valence-corrected chi connectivity index (χ0v) is 16.0. The Balaban J connectivity index is 1.52. The van der Waals surface area contributed by atoms with E-state index >= 15 is 0 Å². The molecule has 0 saturated carbocycles. The van der Waals surface area contributed by atoms with Crippen molar-refractivity contribution in [3.63, 3.8) is 0 Å².